The quantitative estimate of drug-likeness (QED) is 0.431. The number of nitrogens with one attached hydrogen (secondary N) is 1. The molecule has 2 heteroatoms. The van der Waals surface area contributed by atoms with Gasteiger partial charge in [0.2, 0.25) is 0 Å². The fraction of sp³-hybridized carbons (Fsp3) is 0.600. The molecule has 12 heavy (non-hydrogen) atoms. The van der Waals surface area contributed by atoms with Crippen LogP contribution in [0.4, 0.5) is 0 Å². The second kappa shape index (κ2) is 10.9. The van der Waals surface area contributed by atoms with Crippen molar-refractivity contribution in [3.05, 3.63) is 24.4 Å². The molecule has 0 aromatic carbocycles. The summed E-state index contributed by atoms with van der Waals surface area (Å²) in [7, 11) is 4.22. The average Bonchev–Trinajstić information content (AvgIpc) is 1.96. The maximum absolute atomic E-state index is 2.23. The molecule has 72 valence electrons. The van der Waals surface area contributed by atoms with Crippen molar-refractivity contribution in [2.75, 3.05) is 14.1 Å². The molecule has 0 fully saturated rings. The third kappa shape index (κ3) is 12.6. The minimum Gasteiger partial charge on any atom is -1.00 e. The number of unbranched alkanes of at least 4 members (excludes halogenated alkanes) is 2. The third-order valence-corrected chi connectivity index (χ3v) is 1.40. The van der Waals surface area contributed by atoms with Crippen LogP contribution in [0.5, 0.6) is 0 Å². The van der Waals surface area contributed by atoms with Crippen LogP contribution in [0.1, 0.15) is 26.2 Å². The largest absolute Gasteiger partial charge is 1.00 e. The summed E-state index contributed by atoms with van der Waals surface area (Å²) in [4.78, 5) is 1.35. The van der Waals surface area contributed by atoms with E-state index in [0.29, 0.717) is 0 Å². The van der Waals surface area contributed by atoms with E-state index >= 15 is 0 Å². The summed E-state index contributed by atoms with van der Waals surface area (Å²) in [5.74, 6) is 0. The van der Waals surface area contributed by atoms with Crippen LogP contribution in [0.15, 0.2) is 24.4 Å². The van der Waals surface area contributed by atoms with Crippen LogP contribution >= 0.6 is 0 Å². The second-order valence-corrected chi connectivity index (χ2v) is 3.01. The predicted molar refractivity (Wildman–Crippen MR) is 50.6 cm³/mol. The van der Waals surface area contributed by atoms with Gasteiger partial charge in [-0.1, -0.05) is 31.9 Å². The Kier molecular flexibility index (Phi) is 13.1. The van der Waals surface area contributed by atoms with Crippen LogP contribution in [0.2, 0.25) is 0 Å². The van der Waals surface area contributed by atoms with E-state index in [1.54, 1.807) is 0 Å². The van der Waals surface area contributed by atoms with Crippen molar-refractivity contribution in [2.45, 2.75) is 26.2 Å². The number of halogens is 1. The molecule has 0 amide bonds. The topological polar surface area (TPSA) is 4.44 Å². The van der Waals surface area contributed by atoms with E-state index in [0.717, 1.165) is 0 Å². The van der Waals surface area contributed by atoms with E-state index in [1.165, 1.54) is 24.2 Å². The summed E-state index contributed by atoms with van der Waals surface area (Å²) in [5, 5.41) is 0. The van der Waals surface area contributed by atoms with Gasteiger partial charge in [-0.05, 0) is 12.5 Å². The van der Waals surface area contributed by atoms with Crippen LogP contribution in [0.3, 0.4) is 0 Å². The lowest BCUT2D eigenvalue weighted by atomic mass is 10.2. The van der Waals surface area contributed by atoms with E-state index in [-0.39, 0.29) is 17.0 Å². The maximum Gasteiger partial charge on any atom is 0.0937 e. The molecule has 0 spiro atoms. The van der Waals surface area contributed by atoms with E-state index in [2.05, 4.69) is 45.4 Å². The summed E-state index contributed by atoms with van der Waals surface area (Å²) in [6.45, 7) is 2.22. The Labute approximate surface area is 86.9 Å². The Hall–Kier alpha value is -0.0800. The molecule has 0 aromatic heterocycles. The van der Waals surface area contributed by atoms with E-state index in [1.807, 2.05) is 0 Å². The molecule has 0 saturated heterocycles. The molecule has 0 aliphatic carbocycles. The Bertz CT molecular complexity index is 128. The Balaban J connectivity index is 0. The maximum atomic E-state index is 2.23. The fourth-order valence-electron chi connectivity index (χ4n) is 0.745. The van der Waals surface area contributed by atoms with Crippen molar-refractivity contribution >= 4 is 0 Å². The first-order chi connectivity index (χ1) is 5.27. The lowest BCUT2D eigenvalue weighted by Crippen LogP contribution is -3.00. The van der Waals surface area contributed by atoms with Crippen molar-refractivity contribution in [1.82, 2.24) is 0 Å². The van der Waals surface area contributed by atoms with Crippen LogP contribution < -0.4 is 21.9 Å². The number of hydrogen-bond acceptors (Lipinski definition) is 0. The minimum absolute atomic E-state index is 0. The zero-order valence-electron chi connectivity index (χ0n) is 8.31. The number of hydrogen-bond donors (Lipinski definition) is 1. The van der Waals surface area contributed by atoms with Crippen LogP contribution in [0, 0.1) is 0 Å². The second-order valence-electron chi connectivity index (χ2n) is 3.01. The van der Waals surface area contributed by atoms with Gasteiger partial charge in [0, 0.05) is 0 Å². The number of quaternary nitrogens is 1. The lowest BCUT2D eigenvalue weighted by molar-refractivity contribution is -0.801. The van der Waals surface area contributed by atoms with Gasteiger partial charge in [-0.25, -0.2) is 0 Å². The molecule has 0 unspecified atom stereocenters. The van der Waals surface area contributed by atoms with Crippen molar-refractivity contribution in [3.8, 4) is 0 Å². The van der Waals surface area contributed by atoms with Gasteiger partial charge in [0.15, 0.2) is 0 Å². The highest BCUT2D eigenvalue weighted by molar-refractivity contribution is 4.98. The van der Waals surface area contributed by atoms with Gasteiger partial charge in [0.05, 0.1) is 20.3 Å². The molecule has 0 aliphatic rings. The van der Waals surface area contributed by atoms with Crippen LogP contribution in [-0.2, 0) is 0 Å². The van der Waals surface area contributed by atoms with Gasteiger partial charge in [0.1, 0.15) is 0 Å². The molecule has 0 atom stereocenters. The van der Waals surface area contributed by atoms with Crippen molar-refractivity contribution in [1.29, 1.82) is 0 Å². The van der Waals surface area contributed by atoms with E-state index in [9.17, 15) is 0 Å². The zero-order valence-corrected chi connectivity index (χ0v) is 9.89. The van der Waals surface area contributed by atoms with Crippen molar-refractivity contribution in [2.24, 2.45) is 0 Å². The van der Waals surface area contributed by atoms with Crippen molar-refractivity contribution in [3.63, 3.8) is 0 Å². The smallest absolute Gasteiger partial charge is 0.0937 e. The van der Waals surface area contributed by atoms with Gasteiger partial charge in [0.25, 0.3) is 0 Å². The Morgan fingerprint density at radius 1 is 1.17 bits per heavy atom. The predicted octanol–water partition coefficient (Wildman–Crippen LogP) is -1.60. The Morgan fingerprint density at radius 2 is 1.83 bits per heavy atom. The first-order valence-electron chi connectivity index (χ1n) is 4.40. The Morgan fingerprint density at radius 3 is 2.33 bits per heavy atom. The summed E-state index contributed by atoms with van der Waals surface area (Å²) < 4.78 is 0. The monoisotopic (exact) mass is 233 g/mol. The highest BCUT2D eigenvalue weighted by atomic mass is 79.9. The zero-order chi connectivity index (χ0) is 8.53. The van der Waals surface area contributed by atoms with Gasteiger partial charge < -0.3 is 21.9 Å². The lowest BCUT2D eigenvalue weighted by Gasteiger charge is -1.93. The van der Waals surface area contributed by atoms with Gasteiger partial charge in [-0.15, -0.1) is 0 Å². The number of allylic oxidation sites excluding steroid dienone is 3. The fourth-order valence-corrected chi connectivity index (χ4v) is 0.745. The van der Waals surface area contributed by atoms with Crippen LogP contribution in [-0.4, -0.2) is 14.1 Å². The molecule has 0 rings (SSSR count). The van der Waals surface area contributed by atoms with Crippen molar-refractivity contribution < 1.29 is 21.9 Å². The first kappa shape index (κ1) is 14.4. The minimum atomic E-state index is 0. The standard InChI is InChI=1S/C10H19N.BrH/c1-4-5-6-7-8-9-10-11(2)3;/h7-10H,4-6H2,1-3H3;1H. The van der Waals surface area contributed by atoms with Gasteiger partial charge >= 0.3 is 0 Å². The molecule has 0 aromatic rings. The average molecular weight is 234 g/mol. The molecule has 0 aliphatic heterocycles. The molecule has 0 bridgehead atoms. The molecule has 1 nitrogen and oxygen atoms in total. The first-order valence-corrected chi connectivity index (χ1v) is 4.40. The molecule has 0 radical (unpaired) electrons. The summed E-state index contributed by atoms with van der Waals surface area (Å²) in [6, 6.07) is 0. The highest BCUT2D eigenvalue weighted by Crippen LogP contribution is 1.94. The molecule has 0 saturated carbocycles. The van der Waals surface area contributed by atoms with Crippen LogP contribution in [0.25, 0.3) is 0 Å². The van der Waals surface area contributed by atoms with E-state index < -0.39 is 0 Å². The van der Waals surface area contributed by atoms with E-state index in [4.69, 9.17) is 0 Å². The van der Waals surface area contributed by atoms with Gasteiger partial charge in [-0.2, -0.15) is 0 Å². The molecule has 0 heterocycles. The summed E-state index contributed by atoms with van der Waals surface area (Å²) in [6.07, 6.45) is 12.4. The normalized spacial score (nSPS) is 11.3. The van der Waals surface area contributed by atoms with Gasteiger partial charge in [-0.3, -0.25) is 0 Å². The SMILES string of the molecule is CCCCC=CC=C[NH+](C)C.[Br-]. The molecular weight excluding hydrogens is 214 g/mol. The molecular formula is C10H20BrN. The number of rotatable bonds is 5. The molecule has 1 N–H and O–H groups in total. The third-order valence-electron chi connectivity index (χ3n) is 1.40. The summed E-state index contributed by atoms with van der Waals surface area (Å²) >= 11 is 0. The highest BCUT2D eigenvalue weighted by Gasteiger charge is 1.78. The summed E-state index contributed by atoms with van der Waals surface area (Å²) in [5.41, 5.74) is 0.